The summed E-state index contributed by atoms with van der Waals surface area (Å²) in [6.45, 7) is 9.42. The summed E-state index contributed by atoms with van der Waals surface area (Å²) in [4.78, 5) is 2.77. The maximum Gasteiger partial charge on any atom is 0.0161 e. The monoisotopic (exact) mass is 242 g/mol. The van der Waals surface area contributed by atoms with Crippen molar-refractivity contribution in [3.8, 4) is 0 Å². The van der Waals surface area contributed by atoms with Crippen LogP contribution in [-0.4, -0.2) is 47.6 Å². The van der Waals surface area contributed by atoms with E-state index in [2.05, 4.69) is 42.7 Å². The molecule has 3 heteroatoms. The minimum absolute atomic E-state index is 0.635. The SMILES string of the molecule is CC(C)NCC1CCC1N1CCSCC1C. The summed E-state index contributed by atoms with van der Waals surface area (Å²) in [6, 6.07) is 2.31. The van der Waals surface area contributed by atoms with Crippen LogP contribution in [0.25, 0.3) is 0 Å². The van der Waals surface area contributed by atoms with Crippen LogP contribution < -0.4 is 5.32 Å². The molecule has 1 N–H and O–H groups in total. The first-order chi connectivity index (χ1) is 7.68. The van der Waals surface area contributed by atoms with Gasteiger partial charge in [-0.25, -0.2) is 0 Å². The van der Waals surface area contributed by atoms with Crippen molar-refractivity contribution in [2.75, 3.05) is 24.6 Å². The van der Waals surface area contributed by atoms with Crippen LogP contribution in [0.15, 0.2) is 0 Å². The van der Waals surface area contributed by atoms with Crippen LogP contribution in [0.4, 0.5) is 0 Å². The second-order valence-corrected chi connectivity index (χ2v) is 6.78. The van der Waals surface area contributed by atoms with Gasteiger partial charge in [0.25, 0.3) is 0 Å². The van der Waals surface area contributed by atoms with Gasteiger partial charge in [-0.05, 0) is 32.2 Å². The van der Waals surface area contributed by atoms with E-state index >= 15 is 0 Å². The molecule has 2 rings (SSSR count). The van der Waals surface area contributed by atoms with E-state index in [4.69, 9.17) is 0 Å². The van der Waals surface area contributed by atoms with Gasteiger partial charge < -0.3 is 5.32 Å². The average molecular weight is 242 g/mol. The van der Waals surface area contributed by atoms with Gasteiger partial charge >= 0.3 is 0 Å². The van der Waals surface area contributed by atoms with Gasteiger partial charge in [0.05, 0.1) is 0 Å². The Kier molecular flexibility index (Phi) is 4.57. The van der Waals surface area contributed by atoms with Crippen LogP contribution in [0.5, 0.6) is 0 Å². The highest BCUT2D eigenvalue weighted by atomic mass is 32.2. The lowest BCUT2D eigenvalue weighted by atomic mass is 9.77. The predicted molar refractivity (Wildman–Crippen MR) is 73.1 cm³/mol. The van der Waals surface area contributed by atoms with E-state index in [0.717, 1.165) is 18.0 Å². The molecule has 1 saturated heterocycles. The molecule has 1 aliphatic carbocycles. The van der Waals surface area contributed by atoms with E-state index in [0.29, 0.717) is 6.04 Å². The van der Waals surface area contributed by atoms with E-state index in [1.165, 1.54) is 37.4 Å². The third kappa shape index (κ3) is 2.93. The first-order valence-electron chi connectivity index (χ1n) is 6.75. The number of hydrogen-bond donors (Lipinski definition) is 1. The minimum Gasteiger partial charge on any atom is -0.314 e. The fourth-order valence-electron chi connectivity index (χ4n) is 2.85. The van der Waals surface area contributed by atoms with Crippen LogP contribution in [0.2, 0.25) is 0 Å². The van der Waals surface area contributed by atoms with Crippen molar-refractivity contribution in [1.29, 1.82) is 0 Å². The van der Waals surface area contributed by atoms with E-state index < -0.39 is 0 Å². The maximum absolute atomic E-state index is 3.60. The lowest BCUT2D eigenvalue weighted by Gasteiger charge is -2.49. The molecule has 0 bridgehead atoms. The Morgan fingerprint density at radius 3 is 2.75 bits per heavy atom. The van der Waals surface area contributed by atoms with Crippen molar-refractivity contribution in [3.05, 3.63) is 0 Å². The second kappa shape index (κ2) is 5.74. The minimum atomic E-state index is 0.635. The van der Waals surface area contributed by atoms with Crippen molar-refractivity contribution in [3.63, 3.8) is 0 Å². The van der Waals surface area contributed by atoms with Crippen LogP contribution >= 0.6 is 11.8 Å². The normalized spacial score (nSPS) is 36.4. The molecule has 0 aromatic rings. The molecule has 0 amide bonds. The Balaban J connectivity index is 1.80. The van der Waals surface area contributed by atoms with Crippen molar-refractivity contribution >= 4 is 11.8 Å². The van der Waals surface area contributed by atoms with Crippen molar-refractivity contribution in [2.24, 2.45) is 5.92 Å². The van der Waals surface area contributed by atoms with Crippen LogP contribution in [0.1, 0.15) is 33.6 Å². The summed E-state index contributed by atoms with van der Waals surface area (Å²) < 4.78 is 0. The fraction of sp³-hybridized carbons (Fsp3) is 1.00. The third-order valence-corrected chi connectivity index (χ3v) is 5.20. The highest BCUT2D eigenvalue weighted by Gasteiger charge is 2.37. The first kappa shape index (κ1) is 12.7. The fourth-order valence-corrected chi connectivity index (χ4v) is 3.89. The average Bonchev–Trinajstić information content (AvgIpc) is 2.19. The van der Waals surface area contributed by atoms with E-state index in [9.17, 15) is 0 Å². The molecule has 1 aliphatic heterocycles. The largest absolute Gasteiger partial charge is 0.314 e. The van der Waals surface area contributed by atoms with E-state index in [1.807, 2.05) is 0 Å². The lowest BCUT2D eigenvalue weighted by Crippen LogP contribution is -2.56. The lowest BCUT2D eigenvalue weighted by molar-refractivity contribution is 0.0413. The van der Waals surface area contributed by atoms with Gasteiger partial charge in [0.1, 0.15) is 0 Å². The highest BCUT2D eigenvalue weighted by molar-refractivity contribution is 7.99. The standard InChI is InChI=1S/C13H26N2S/c1-10(2)14-8-12-4-5-13(12)15-6-7-16-9-11(15)3/h10-14H,4-9H2,1-3H3. The van der Waals surface area contributed by atoms with Crippen molar-refractivity contribution in [1.82, 2.24) is 10.2 Å². The molecule has 2 aliphatic rings. The summed E-state index contributed by atoms with van der Waals surface area (Å²) in [6.07, 6.45) is 2.86. The highest BCUT2D eigenvalue weighted by Crippen LogP contribution is 2.35. The molecule has 0 aromatic heterocycles. The smallest absolute Gasteiger partial charge is 0.0161 e. The number of hydrogen-bond acceptors (Lipinski definition) is 3. The van der Waals surface area contributed by atoms with Gasteiger partial charge in [0.2, 0.25) is 0 Å². The maximum atomic E-state index is 3.60. The van der Waals surface area contributed by atoms with Gasteiger partial charge in [0, 0.05) is 36.2 Å². The Bertz CT molecular complexity index is 220. The number of thioether (sulfide) groups is 1. The summed E-state index contributed by atoms with van der Waals surface area (Å²) >= 11 is 2.12. The molecule has 0 spiro atoms. The quantitative estimate of drug-likeness (QED) is 0.813. The number of rotatable bonds is 4. The molecule has 1 saturated carbocycles. The molecule has 2 nitrogen and oxygen atoms in total. The topological polar surface area (TPSA) is 15.3 Å². The van der Waals surface area contributed by atoms with Crippen LogP contribution in [0, 0.1) is 5.92 Å². The first-order valence-corrected chi connectivity index (χ1v) is 7.91. The van der Waals surface area contributed by atoms with Crippen molar-refractivity contribution in [2.45, 2.75) is 51.7 Å². The van der Waals surface area contributed by atoms with E-state index in [1.54, 1.807) is 0 Å². The molecule has 0 radical (unpaired) electrons. The zero-order valence-electron chi connectivity index (χ0n) is 10.9. The Hall–Kier alpha value is 0.270. The molecule has 3 atom stereocenters. The van der Waals surface area contributed by atoms with Gasteiger partial charge in [-0.1, -0.05) is 13.8 Å². The summed E-state index contributed by atoms with van der Waals surface area (Å²) in [5.74, 6) is 3.58. The zero-order chi connectivity index (χ0) is 11.5. The molecule has 3 unspecified atom stereocenters. The van der Waals surface area contributed by atoms with Gasteiger partial charge in [-0.3, -0.25) is 4.90 Å². The number of nitrogens with one attached hydrogen (secondary N) is 1. The molecular formula is C13H26N2S. The molecule has 2 fully saturated rings. The molecule has 16 heavy (non-hydrogen) atoms. The Morgan fingerprint density at radius 2 is 2.19 bits per heavy atom. The Labute approximate surface area is 105 Å². The number of nitrogens with zero attached hydrogens (tertiary/aromatic N) is 1. The zero-order valence-corrected chi connectivity index (χ0v) is 11.7. The second-order valence-electron chi connectivity index (χ2n) is 5.63. The van der Waals surface area contributed by atoms with Gasteiger partial charge in [-0.2, -0.15) is 11.8 Å². The predicted octanol–water partition coefficient (Wildman–Crippen LogP) is 2.20. The molecule has 0 aromatic carbocycles. The van der Waals surface area contributed by atoms with Crippen molar-refractivity contribution < 1.29 is 0 Å². The molecule has 94 valence electrons. The summed E-state index contributed by atoms with van der Waals surface area (Å²) in [7, 11) is 0. The Morgan fingerprint density at radius 1 is 1.38 bits per heavy atom. The summed E-state index contributed by atoms with van der Waals surface area (Å²) in [5.41, 5.74) is 0. The van der Waals surface area contributed by atoms with Gasteiger partial charge in [0.15, 0.2) is 0 Å². The summed E-state index contributed by atoms with van der Waals surface area (Å²) in [5, 5.41) is 3.60. The van der Waals surface area contributed by atoms with Gasteiger partial charge in [-0.15, -0.1) is 0 Å². The van der Waals surface area contributed by atoms with Crippen LogP contribution in [0.3, 0.4) is 0 Å². The third-order valence-electron chi connectivity index (χ3n) is 4.01. The van der Waals surface area contributed by atoms with Crippen LogP contribution in [-0.2, 0) is 0 Å². The molecular weight excluding hydrogens is 216 g/mol. The van der Waals surface area contributed by atoms with E-state index in [-0.39, 0.29) is 0 Å². The molecule has 1 heterocycles.